The van der Waals surface area contributed by atoms with E-state index in [2.05, 4.69) is 17.9 Å². The van der Waals surface area contributed by atoms with Crippen LogP contribution in [0.2, 0.25) is 5.02 Å². The average Bonchev–Trinajstić information content (AvgIpc) is 3.01. The number of aliphatic hydroxyl groups is 1. The molecule has 0 aromatic heterocycles. The van der Waals surface area contributed by atoms with Crippen LogP contribution >= 0.6 is 24.2 Å². The van der Waals surface area contributed by atoms with Crippen molar-refractivity contribution in [1.82, 2.24) is 5.32 Å². The summed E-state index contributed by atoms with van der Waals surface area (Å²) < 4.78 is 34.9. The van der Waals surface area contributed by atoms with Crippen molar-refractivity contribution < 1.29 is 47.9 Å². The number of ether oxygens (including phenoxy) is 6. The summed E-state index contributed by atoms with van der Waals surface area (Å²) in [4.78, 5) is 41.4. The van der Waals surface area contributed by atoms with Crippen molar-refractivity contribution in [3.8, 4) is 5.75 Å². The fourth-order valence-corrected chi connectivity index (χ4v) is 6.97. The number of hydrogen-bond donors (Lipinski definition) is 3. The molecule has 0 radical (unpaired) electrons. The van der Waals surface area contributed by atoms with Gasteiger partial charge in [0, 0.05) is 33.6 Å². The lowest BCUT2D eigenvalue weighted by atomic mass is 9.72. The van der Waals surface area contributed by atoms with Gasteiger partial charge in [-0.3, -0.25) is 10.1 Å². The number of carbonyl (C=O) groups is 3. The first-order valence-electron chi connectivity index (χ1n) is 15.9. The number of halogens is 1. The lowest BCUT2D eigenvalue weighted by Gasteiger charge is -2.59. The first-order chi connectivity index (χ1) is 22.6. The highest BCUT2D eigenvalue weighted by Crippen LogP contribution is 2.50. The minimum Gasteiger partial charge on any atom is -0.495 e. The molecule has 4 heterocycles. The van der Waals surface area contributed by atoms with Crippen molar-refractivity contribution >= 4 is 47.9 Å². The molecule has 1 aromatic rings. The monoisotopic (exact) mass is 710 g/mol. The van der Waals surface area contributed by atoms with Gasteiger partial charge in [-0.15, -0.1) is 0 Å². The Bertz CT molecular complexity index is 1430. The first-order valence-corrected chi connectivity index (χ1v) is 16.9. The number of rotatable bonds is 8. The third-order valence-electron chi connectivity index (χ3n) is 9.12. The number of anilines is 1. The minimum atomic E-state index is -1.82. The molecule has 48 heavy (non-hydrogen) atoms. The Labute approximate surface area is 292 Å². The molecule has 1 aromatic carbocycles. The van der Waals surface area contributed by atoms with Gasteiger partial charge in [0.05, 0.1) is 19.2 Å². The molecule has 0 spiro atoms. The summed E-state index contributed by atoms with van der Waals surface area (Å²) in [5.41, 5.74) is -1.90. The summed E-state index contributed by atoms with van der Waals surface area (Å²) >= 11 is 10.9. The van der Waals surface area contributed by atoms with E-state index in [-0.39, 0.29) is 24.3 Å². The summed E-state index contributed by atoms with van der Waals surface area (Å²) in [6, 6.07) is 3.61. The standard InChI is InChI=1S/C34H47ClN2O10S/c1-20-10-8-11-25(43-7)34(41)18-27(46-31(40)36-34)33(4)19-32(3,47-33)26(45-30(39)21(2)44-12-9-13-48)17-28(38)37(5)23-15-22(14-20)16-24(42-6)29(23)35/h8,10-11,15-16,21,25-27,41,48H,9,12-14,17-19H2,1-7H3,(H,36,40)/b11-8+,20-10+/t21-,25-,26+,27+,32-,33?,34+/m1/s1. The molecule has 2 fully saturated rings. The Balaban J connectivity index is 1.76. The maximum absolute atomic E-state index is 14.0. The van der Waals surface area contributed by atoms with E-state index in [1.54, 1.807) is 46.0 Å². The number of amides is 2. The van der Waals surface area contributed by atoms with E-state index in [1.165, 1.54) is 19.1 Å². The molecular formula is C34H47ClN2O10S. The molecule has 2 saturated heterocycles. The molecule has 5 rings (SSSR count). The Kier molecular flexibility index (Phi) is 12.2. The number of esters is 1. The maximum Gasteiger partial charge on any atom is 0.409 e. The SMILES string of the molecule is COc1cc2cc(c1Cl)N(C)C(=O)C[C@H](OC(=O)[C@@H](C)OCCCS)[C@@]1(C)CC(C)(O1)[C@@H]1C[C@@](O)(NC(=O)O1)[C@H](OC)/C=C/C=C(\C)C2. The summed E-state index contributed by atoms with van der Waals surface area (Å²) in [5, 5.41) is 14.4. The topological polar surface area (TPSA) is 142 Å². The van der Waals surface area contributed by atoms with Gasteiger partial charge in [0.25, 0.3) is 0 Å². The van der Waals surface area contributed by atoms with Crippen LogP contribution < -0.4 is 15.0 Å². The second-order valence-electron chi connectivity index (χ2n) is 13.1. The highest BCUT2D eigenvalue weighted by molar-refractivity contribution is 7.80. The summed E-state index contributed by atoms with van der Waals surface area (Å²) in [6.45, 7) is 7.30. The first kappa shape index (κ1) is 38.0. The summed E-state index contributed by atoms with van der Waals surface area (Å²) in [7, 11) is 4.53. The van der Waals surface area contributed by atoms with E-state index in [9.17, 15) is 19.5 Å². The number of alkyl carbamates (subject to hydrolysis) is 1. The van der Waals surface area contributed by atoms with Crippen LogP contribution in [0.25, 0.3) is 0 Å². The number of thiol groups is 1. The van der Waals surface area contributed by atoms with Crippen molar-refractivity contribution in [2.45, 2.75) is 101 Å². The predicted molar refractivity (Wildman–Crippen MR) is 183 cm³/mol. The molecule has 14 heteroatoms. The molecule has 1 unspecified atom stereocenters. The van der Waals surface area contributed by atoms with E-state index < -0.39 is 59.3 Å². The van der Waals surface area contributed by atoms with Crippen molar-refractivity contribution in [3.63, 3.8) is 0 Å². The van der Waals surface area contributed by atoms with Crippen molar-refractivity contribution in [2.75, 3.05) is 38.5 Å². The number of methoxy groups -OCH3 is 2. The molecule has 2 amide bonds. The highest BCUT2D eigenvalue weighted by Gasteiger charge is 2.63. The van der Waals surface area contributed by atoms with Gasteiger partial charge in [0.15, 0.2) is 11.8 Å². The molecule has 12 nitrogen and oxygen atoms in total. The number of allylic oxidation sites excluding steroid dienone is 3. The zero-order valence-electron chi connectivity index (χ0n) is 28.5. The smallest absolute Gasteiger partial charge is 0.409 e. The quantitative estimate of drug-likeness (QED) is 0.200. The van der Waals surface area contributed by atoms with Gasteiger partial charge < -0.3 is 38.4 Å². The predicted octanol–water partition coefficient (Wildman–Crippen LogP) is 4.54. The molecule has 266 valence electrons. The number of benzene rings is 1. The summed E-state index contributed by atoms with van der Waals surface area (Å²) in [6.07, 6.45) is 1.65. The fraction of sp³-hybridized carbons (Fsp3) is 0.618. The van der Waals surface area contributed by atoms with Crippen LogP contribution in [0, 0.1) is 0 Å². The third kappa shape index (κ3) is 8.31. The largest absolute Gasteiger partial charge is 0.495 e. The normalized spacial score (nSPS) is 33.3. The lowest BCUT2D eigenvalue weighted by molar-refractivity contribution is -0.328. The van der Waals surface area contributed by atoms with Crippen LogP contribution in [-0.4, -0.2) is 98.0 Å². The van der Waals surface area contributed by atoms with Crippen molar-refractivity contribution in [3.05, 3.63) is 46.5 Å². The Morgan fingerprint density at radius 2 is 1.96 bits per heavy atom. The Morgan fingerprint density at radius 3 is 2.60 bits per heavy atom. The maximum atomic E-state index is 14.0. The van der Waals surface area contributed by atoms with E-state index >= 15 is 0 Å². The molecule has 7 atom stereocenters. The van der Waals surface area contributed by atoms with Gasteiger partial charge >= 0.3 is 12.1 Å². The second kappa shape index (κ2) is 15.4. The number of carbonyl (C=O) groups excluding carboxylic acids is 3. The number of nitrogens with one attached hydrogen (secondary N) is 1. The Morgan fingerprint density at radius 1 is 1.25 bits per heavy atom. The fourth-order valence-electron chi connectivity index (χ4n) is 6.53. The van der Waals surface area contributed by atoms with E-state index in [0.29, 0.717) is 36.6 Å². The average molecular weight is 711 g/mol. The van der Waals surface area contributed by atoms with E-state index in [0.717, 1.165) is 11.1 Å². The van der Waals surface area contributed by atoms with Crippen LogP contribution in [0.5, 0.6) is 5.75 Å². The molecule has 6 bridgehead atoms. The van der Waals surface area contributed by atoms with Gasteiger partial charge in [-0.25, -0.2) is 9.59 Å². The highest BCUT2D eigenvalue weighted by atomic mass is 35.5. The van der Waals surface area contributed by atoms with Gasteiger partial charge in [-0.2, -0.15) is 12.6 Å². The second-order valence-corrected chi connectivity index (χ2v) is 13.9. The van der Waals surface area contributed by atoms with E-state index in [1.807, 2.05) is 19.1 Å². The Hall–Kier alpha value is -2.81. The zero-order valence-corrected chi connectivity index (χ0v) is 30.2. The zero-order chi connectivity index (χ0) is 35.4. The molecular weight excluding hydrogens is 664 g/mol. The molecule has 0 saturated carbocycles. The molecule has 0 aliphatic carbocycles. The van der Waals surface area contributed by atoms with Gasteiger partial charge in [0.1, 0.15) is 40.3 Å². The van der Waals surface area contributed by atoms with Crippen molar-refractivity contribution in [2.24, 2.45) is 0 Å². The van der Waals surface area contributed by atoms with E-state index in [4.69, 9.17) is 40.0 Å². The van der Waals surface area contributed by atoms with Gasteiger partial charge in [-0.05, 0) is 64.0 Å². The van der Waals surface area contributed by atoms with Crippen LogP contribution in [0.15, 0.2) is 35.9 Å². The number of nitrogens with zero attached hydrogens (tertiary/aromatic N) is 1. The van der Waals surface area contributed by atoms with Gasteiger partial charge in [-0.1, -0.05) is 35.4 Å². The molecule has 4 aliphatic rings. The minimum absolute atomic E-state index is 0.0663. The van der Waals surface area contributed by atoms with Crippen LogP contribution in [0.3, 0.4) is 0 Å². The molecule has 4 aliphatic heterocycles. The summed E-state index contributed by atoms with van der Waals surface area (Å²) in [5.74, 6) is -0.0665. The lowest BCUT2D eigenvalue weighted by Crippen LogP contribution is -2.72. The van der Waals surface area contributed by atoms with Crippen molar-refractivity contribution in [1.29, 1.82) is 0 Å². The van der Waals surface area contributed by atoms with Gasteiger partial charge in [0.2, 0.25) is 5.91 Å². The number of hydrogen-bond acceptors (Lipinski definition) is 11. The van der Waals surface area contributed by atoms with Crippen LogP contribution in [0.4, 0.5) is 10.5 Å². The molecule has 2 N–H and O–H groups in total. The number of fused-ring (bicyclic) bond motifs is 6. The van der Waals surface area contributed by atoms with Crippen LogP contribution in [0.1, 0.15) is 58.9 Å². The van der Waals surface area contributed by atoms with Crippen LogP contribution in [-0.2, 0) is 39.7 Å². The third-order valence-corrected chi connectivity index (χ3v) is 9.82.